The van der Waals surface area contributed by atoms with Gasteiger partial charge in [0.15, 0.2) is 6.61 Å². The normalized spacial score (nSPS) is 9.93. The molecule has 3 rings (SSSR count). The summed E-state index contributed by atoms with van der Waals surface area (Å²) in [4.78, 5) is 21.8. The van der Waals surface area contributed by atoms with Crippen molar-refractivity contribution in [3.8, 4) is 0 Å². The van der Waals surface area contributed by atoms with Crippen LogP contribution in [0.2, 0.25) is 0 Å². The van der Waals surface area contributed by atoms with Crippen molar-refractivity contribution in [3.63, 3.8) is 0 Å². The van der Waals surface area contributed by atoms with Gasteiger partial charge >= 0.3 is 12.2 Å². The fourth-order valence-electron chi connectivity index (χ4n) is 2.67. The first-order chi connectivity index (χ1) is 14.4. The molecule has 0 atom stereocenters. The molecule has 1 aromatic heterocycles. The van der Waals surface area contributed by atoms with Crippen molar-refractivity contribution >= 4 is 34.4 Å². The molecule has 0 fully saturated rings. The summed E-state index contributed by atoms with van der Waals surface area (Å²) in [6.45, 7) is 6.08. The average Bonchev–Trinajstić information content (AvgIpc) is 3.16. The lowest BCUT2D eigenvalue weighted by Crippen LogP contribution is -2.30. The molecule has 1 heterocycles. The van der Waals surface area contributed by atoms with Crippen LogP contribution in [-0.2, 0) is 16.1 Å². The molecule has 2 amide bonds. The minimum absolute atomic E-state index is 0.0580. The lowest BCUT2D eigenvalue weighted by Gasteiger charge is -2.06. The van der Waals surface area contributed by atoms with Gasteiger partial charge < -0.3 is 19.6 Å². The van der Waals surface area contributed by atoms with Crippen molar-refractivity contribution in [1.82, 2.24) is 5.32 Å². The van der Waals surface area contributed by atoms with Gasteiger partial charge in [-0.2, -0.15) is 0 Å². The maximum atomic E-state index is 11.1. The highest BCUT2D eigenvalue weighted by molar-refractivity contribution is 5.87. The number of hydrogen-bond donors (Lipinski definition) is 2. The minimum atomic E-state index is -0.887. The van der Waals surface area contributed by atoms with Crippen LogP contribution < -0.4 is 11.1 Å². The number of allylic oxidation sites excluding steroid dienone is 1. The Morgan fingerprint density at radius 2 is 1.80 bits per heavy atom. The number of rotatable bonds is 5. The number of carbonyl (C=O) groups excluding carboxylic acids is 2. The predicted octanol–water partition coefficient (Wildman–Crippen LogP) is 5.51. The number of methoxy groups -OCH3 is 1. The molecule has 158 valence electrons. The summed E-state index contributed by atoms with van der Waals surface area (Å²) >= 11 is 0. The van der Waals surface area contributed by atoms with Crippen molar-refractivity contribution < 1.29 is 23.5 Å². The molecular formula is C23H26N2O5. The SMILES string of the molecule is C=C(CCC)c1ccccc1N.COC(=O)NC(=O)OCc1cc2ccccc2o1. The number of furan rings is 1. The summed E-state index contributed by atoms with van der Waals surface area (Å²) in [6.07, 6.45) is 0.383. The monoisotopic (exact) mass is 410 g/mol. The van der Waals surface area contributed by atoms with E-state index >= 15 is 0 Å². The standard InChI is InChI=1S/C12H11NO5.C11H15N/c1-16-11(14)13-12(15)17-7-9-6-8-4-2-3-5-10(8)18-9;1-3-6-9(2)10-7-4-5-8-11(10)12/h2-6H,7H2,1H3,(H,13,14,15);4-5,7-8H,2-3,6,12H2,1H3. The second-order valence-corrected chi connectivity index (χ2v) is 6.38. The van der Waals surface area contributed by atoms with Crippen molar-refractivity contribution in [2.75, 3.05) is 12.8 Å². The number of hydrogen-bond acceptors (Lipinski definition) is 6. The molecule has 0 spiro atoms. The van der Waals surface area contributed by atoms with E-state index in [9.17, 15) is 9.59 Å². The fraction of sp³-hybridized carbons (Fsp3) is 0.217. The van der Waals surface area contributed by atoms with Gasteiger partial charge in [-0.15, -0.1) is 0 Å². The number of ether oxygens (including phenoxy) is 2. The van der Waals surface area contributed by atoms with E-state index in [2.05, 4.69) is 18.2 Å². The number of nitrogens with two attached hydrogens (primary N) is 1. The van der Waals surface area contributed by atoms with Crippen LogP contribution in [-0.4, -0.2) is 19.3 Å². The fourth-order valence-corrected chi connectivity index (χ4v) is 2.67. The van der Waals surface area contributed by atoms with Crippen molar-refractivity contribution in [2.45, 2.75) is 26.4 Å². The third-order valence-corrected chi connectivity index (χ3v) is 4.11. The van der Waals surface area contributed by atoms with Gasteiger partial charge in [0.1, 0.15) is 11.3 Å². The van der Waals surface area contributed by atoms with Crippen molar-refractivity contribution in [2.24, 2.45) is 0 Å². The smallest absolute Gasteiger partial charge is 0.417 e. The molecule has 0 radical (unpaired) electrons. The predicted molar refractivity (Wildman–Crippen MR) is 117 cm³/mol. The van der Waals surface area contributed by atoms with E-state index in [1.807, 2.05) is 53.8 Å². The summed E-state index contributed by atoms with van der Waals surface area (Å²) in [7, 11) is 1.15. The van der Waals surface area contributed by atoms with E-state index in [0.717, 1.165) is 42.2 Å². The number of imide groups is 1. The number of anilines is 1. The Kier molecular flexibility index (Phi) is 8.50. The maximum absolute atomic E-state index is 11.1. The molecule has 30 heavy (non-hydrogen) atoms. The van der Waals surface area contributed by atoms with E-state index < -0.39 is 12.2 Å². The molecule has 3 N–H and O–H groups in total. The maximum Gasteiger partial charge on any atom is 0.417 e. The number of fused-ring (bicyclic) bond motifs is 1. The summed E-state index contributed by atoms with van der Waals surface area (Å²) in [5.41, 5.74) is 9.56. The van der Waals surface area contributed by atoms with E-state index in [-0.39, 0.29) is 6.61 Å². The van der Waals surface area contributed by atoms with Crippen LogP contribution in [0.4, 0.5) is 15.3 Å². The zero-order valence-electron chi connectivity index (χ0n) is 17.1. The van der Waals surface area contributed by atoms with E-state index in [1.54, 1.807) is 6.07 Å². The number of benzene rings is 2. The first-order valence-electron chi connectivity index (χ1n) is 9.46. The Morgan fingerprint density at radius 1 is 1.10 bits per heavy atom. The second kappa shape index (κ2) is 11.3. The third-order valence-electron chi connectivity index (χ3n) is 4.11. The first kappa shape index (κ1) is 22.5. The quantitative estimate of drug-likeness (QED) is 0.538. The van der Waals surface area contributed by atoms with Gasteiger partial charge in [-0.1, -0.05) is 56.3 Å². The van der Waals surface area contributed by atoms with Crippen LogP contribution >= 0.6 is 0 Å². The lowest BCUT2D eigenvalue weighted by atomic mass is 10.0. The zero-order valence-corrected chi connectivity index (χ0v) is 17.1. The average molecular weight is 410 g/mol. The molecule has 0 aliphatic rings. The Morgan fingerprint density at radius 3 is 2.47 bits per heavy atom. The number of carbonyl (C=O) groups is 2. The number of nitrogens with one attached hydrogen (secondary N) is 1. The molecule has 7 heteroatoms. The van der Waals surface area contributed by atoms with Gasteiger partial charge in [-0.3, -0.25) is 0 Å². The number of para-hydroxylation sites is 2. The molecule has 0 aliphatic carbocycles. The Labute approximate surface area is 175 Å². The van der Waals surface area contributed by atoms with Gasteiger partial charge in [0.25, 0.3) is 0 Å². The summed E-state index contributed by atoms with van der Waals surface area (Å²) < 4.78 is 14.5. The van der Waals surface area contributed by atoms with Crippen LogP contribution in [0.25, 0.3) is 16.5 Å². The molecule has 0 saturated carbocycles. The van der Waals surface area contributed by atoms with Crippen molar-refractivity contribution in [1.29, 1.82) is 0 Å². The van der Waals surface area contributed by atoms with Gasteiger partial charge in [-0.05, 0) is 35.8 Å². The lowest BCUT2D eigenvalue weighted by molar-refractivity contribution is 0.123. The molecule has 7 nitrogen and oxygen atoms in total. The molecule has 0 bridgehead atoms. The highest BCUT2D eigenvalue weighted by Crippen LogP contribution is 2.23. The number of amides is 2. The molecule has 2 aromatic carbocycles. The largest absolute Gasteiger partial charge is 0.457 e. The van der Waals surface area contributed by atoms with Gasteiger partial charge in [0, 0.05) is 11.1 Å². The van der Waals surface area contributed by atoms with Crippen LogP contribution in [0, 0.1) is 0 Å². The second-order valence-electron chi connectivity index (χ2n) is 6.38. The summed E-state index contributed by atoms with van der Waals surface area (Å²) in [6, 6.07) is 17.1. The molecule has 0 aliphatic heterocycles. The highest BCUT2D eigenvalue weighted by Gasteiger charge is 2.10. The van der Waals surface area contributed by atoms with E-state index in [0.29, 0.717) is 11.3 Å². The molecule has 3 aromatic rings. The van der Waals surface area contributed by atoms with Gasteiger partial charge in [-0.25, -0.2) is 14.9 Å². The van der Waals surface area contributed by atoms with E-state index in [4.69, 9.17) is 14.9 Å². The molecule has 0 saturated heterocycles. The van der Waals surface area contributed by atoms with Gasteiger partial charge in [0.2, 0.25) is 0 Å². The van der Waals surface area contributed by atoms with Crippen LogP contribution in [0.15, 0.2) is 65.6 Å². The zero-order chi connectivity index (χ0) is 21.9. The number of nitrogen functional groups attached to an aromatic ring is 1. The van der Waals surface area contributed by atoms with Gasteiger partial charge in [0.05, 0.1) is 7.11 Å². The van der Waals surface area contributed by atoms with Crippen LogP contribution in [0.1, 0.15) is 31.1 Å². The minimum Gasteiger partial charge on any atom is -0.457 e. The van der Waals surface area contributed by atoms with E-state index in [1.165, 1.54) is 0 Å². The van der Waals surface area contributed by atoms with Crippen LogP contribution in [0.3, 0.4) is 0 Å². The Balaban J connectivity index is 0.000000232. The third kappa shape index (κ3) is 6.70. The summed E-state index contributed by atoms with van der Waals surface area (Å²) in [5, 5.41) is 2.79. The van der Waals surface area contributed by atoms with Crippen molar-refractivity contribution in [3.05, 3.63) is 72.5 Å². The molecular weight excluding hydrogens is 384 g/mol. The highest BCUT2D eigenvalue weighted by atomic mass is 16.6. The topological polar surface area (TPSA) is 104 Å². The Hall–Kier alpha value is -3.74. The van der Waals surface area contributed by atoms with Crippen LogP contribution in [0.5, 0.6) is 0 Å². The first-order valence-corrected chi connectivity index (χ1v) is 9.46. The number of alkyl carbamates (subject to hydrolysis) is 2. The Bertz CT molecular complexity index is 977. The molecule has 0 unspecified atom stereocenters. The summed E-state index contributed by atoms with van der Waals surface area (Å²) in [5.74, 6) is 0.496.